The van der Waals surface area contributed by atoms with Crippen LogP contribution >= 0.6 is 0 Å². The molecule has 0 saturated carbocycles. The highest BCUT2D eigenvalue weighted by Crippen LogP contribution is 2.25. The Balaban J connectivity index is 1.37. The Bertz CT molecular complexity index is 966. The molecule has 0 spiro atoms. The van der Waals surface area contributed by atoms with Gasteiger partial charge in [-0.1, -0.05) is 54.6 Å². The second kappa shape index (κ2) is 8.28. The Morgan fingerprint density at radius 1 is 0.630 bits per heavy atom. The van der Waals surface area contributed by atoms with Crippen LogP contribution in [0.1, 0.15) is 11.1 Å². The molecule has 4 rings (SSSR count). The van der Waals surface area contributed by atoms with E-state index in [0.29, 0.717) is 5.88 Å². The lowest BCUT2D eigenvalue weighted by Crippen LogP contribution is -1.94. The van der Waals surface area contributed by atoms with Crippen LogP contribution in [0.5, 0.6) is 11.6 Å². The van der Waals surface area contributed by atoms with Crippen LogP contribution in [0.2, 0.25) is 0 Å². The summed E-state index contributed by atoms with van der Waals surface area (Å²) in [5.74, 6) is 1.39. The molecule has 132 valence electrons. The highest BCUT2D eigenvalue weighted by Gasteiger charge is 2.02. The van der Waals surface area contributed by atoms with E-state index in [2.05, 4.69) is 46.4 Å². The lowest BCUT2D eigenvalue weighted by atomic mass is 10.1. The van der Waals surface area contributed by atoms with Gasteiger partial charge in [-0.25, -0.2) is 4.98 Å². The van der Waals surface area contributed by atoms with Gasteiger partial charge in [0, 0.05) is 24.7 Å². The molecule has 27 heavy (non-hydrogen) atoms. The molecule has 0 aliphatic carbocycles. The van der Waals surface area contributed by atoms with Crippen LogP contribution in [0.15, 0.2) is 97.5 Å². The third-order valence-corrected chi connectivity index (χ3v) is 4.41. The van der Waals surface area contributed by atoms with Crippen LogP contribution in [0, 0.1) is 0 Å². The fraction of sp³-hybridized carbons (Fsp3) is 0.0833. The molecule has 0 atom stereocenters. The number of aromatic nitrogens is 2. The van der Waals surface area contributed by atoms with Gasteiger partial charge >= 0.3 is 0 Å². The van der Waals surface area contributed by atoms with E-state index in [4.69, 9.17) is 4.74 Å². The van der Waals surface area contributed by atoms with Gasteiger partial charge in [0.05, 0.1) is 0 Å². The fourth-order valence-electron chi connectivity index (χ4n) is 2.92. The molecule has 3 nitrogen and oxygen atoms in total. The molecule has 0 fully saturated rings. The molecule has 0 amide bonds. The van der Waals surface area contributed by atoms with Crippen molar-refractivity contribution < 1.29 is 4.74 Å². The first-order valence-corrected chi connectivity index (χ1v) is 9.04. The predicted octanol–water partition coefficient (Wildman–Crippen LogP) is 5.72. The minimum Gasteiger partial charge on any atom is -0.439 e. The topological polar surface area (TPSA) is 35.0 Å². The van der Waals surface area contributed by atoms with Crippen molar-refractivity contribution in [2.45, 2.75) is 12.8 Å². The van der Waals surface area contributed by atoms with Crippen molar-refractivity contribution in [3.05, 3.63) is 109 Å². The number of nitrogens with zero attached hydrogens (tertiary/aromatic N) is 2. The van der Waals surface area contributed by atoms with Crippen molar-refractivity contribution in [2.75, 3.05) is 0 Å². The van der Waals surface area contributed by atoms with Gasteiger partial charge in [0.1, 0.15) is 5.75 Å². The molecule has 2 aromatic carbocycles. The molecule has 0 unspecified atom stereocenters. The quantitative estimate of drug-likeness (QED) is 0.445. The lowest BCUT2D eigenvalue weighted by Gasteiger charge is -2.07. The lowest BCUT2D eigenvalue weighted by molar-refractivity contribution is 0.462. The average molecular weight is 352 g/mol. The van der Waals surface area contributed by atoms with E-state index in [1.165, 1.54) is 22.3 Å². The number of hydrogen-bond donors (Lipinski definition) is 0. The summed E-state index contributed by atoms with van der Waals surface area (Å²) in [4.78, 5) is 8.58. The fourth-order valence-corrected chi connectivity index (χ4v) is 2.92. The van der Waals surface area contributed by atoms with Gasteiger partial charge in [-0.2, -0.15) is 0 Å². The van der Waals surface area contributed by atoms with Crippen LogP contribution < -0.4 is 4.74 Å². The van der Waals surface area contributed by atoms with Crippen LogP contribution in [-0.4, -0.2) is 9.97 Å². The normalized spacial score (nSPS) is 10.5. The Kier molecular flexibility index (Phi) is 5.21. The Labute approximate surface area is 159 Å². The molecule has 0 radical (unpaired) electrons. The maximum atomic E-state index is 5.87. The van der Waals surface area contributed by atoms with Gasteiger partial charge in [-0.3, -0.25) is 4.98 Å². The van der Waals surface area contributed by atoms with Crippen molar-refractivity contribution in [3.8, 4) is 22.8 Å². The summed E-state index contributed by atoms with van der Waals surface area (Å²) in [6.45, 7) is 0. The third-order valence-electron chi connectivity index (χ3n) is 4.41. The van der Waals surface area contributed by atoms with Crippen molar-refractivity contribution in [2.24, 2.45) is 0 Å². The molecular formula is C24H20N2O. The van der Waals surface area contributed by atoms with Crippen molar-refractivity contribution in [1.29, 1.82) is 0 Å². The Morgan fingerprint density at radius 2 is 1.37 bits per heavy atom. The first-order chi connectivity index (χ1) is 13.4. The summed E-state index contributed by atoms with van der Waals surface area (Å²) >= 11 is 0. The molecule has 2 aromatic heterocycles. The maximum absolute atomic E-state index is 5.87. The van der Waals surface area contributed by atoms with Gasteiger partial charge in [0.2, 0.25) is 5.88 Å². The van der Waals surface area contributed by atoms with Gasteiger partial charge < -0.3 is 4.74 Å². The highest BCUT2D eigenvalue weighted by atomic mass is 16.5. The summed E-state index contributed by atoms with van der Waals surface area (Å²) in [6, 6.07) is 26.4. The van der Waals surface area contributed by atoms with E-state index < -0.39 is 0 Å². The Hall–Kier alpha value is -3.46. The standard InChI is InChI=1S/C24H20N2O/c1-2-6-21(7-3-1)22-11-13-23(14-12-22)27-24-15-10-20(18-26-24)9-8-19-5-4-16-25-17-19/h1-7,10-18H,8-9H2. The van der Waals surface area contributed by atoms with Crippen molar-refractivity contribution in [3.63, 3.8) is 0 Å². The van der Waals surface area contributed by atoms with Gasteiger partial charge in [0.15, 0.2) is 0 Å². The molecule has 4 aromatic rings. The number of pyridine rings is 2. The largest absolute Gasteiger partial charge is 0.439 e. The van der Waals surface area contributed by atoms with E-state index in [-0.39, 0.29) is 0 Å². The van der Waals surface area contributed by atoms with Crippen molar-refractivity contribution >= 4 is 0 Å². The zero-order valence-corrected chi connectivity index (χ0v) is 15.0. The maximum Gasteiger partial charge on any atom is 0.219 e. The second-order valence-electron chi connectivity index (χ2n) is 6.36. The summed E-state index contributed by atoms with van der Waals surface area (Å²) in [5.41, 5.74) is 4.78. The first kappa shape index (κ1) is 17.0. The molecule has 0 saturated heterocycles. The Morgan fingerprint density at radius 3 is 2.04 bits per heavy atom. The SMILES string of the molecule is c1ccc(-c2ccc(Oc3ccc(CCc4cccnc4)cn3)cc2)cc1. The summed E-state index contributed by atoms with van der Waals surface area (Å²) in [5, 5.41) is 0. The van der Waals surface area contributed by atoms with Crippen LogP contribution in [0.3, 0.4) is 0 Å². The number of rotatable bonds is 6. The molecule has 0 aliphatic rings. The molecule has 0 N–H and O–H groups in total. The highest BCUT2D eigenvalue weighted by molar-refractivity contribution is 5.63. The van der Waals surface area contributed by atoms with Crippen LogP contribution in [-0.2, 0) is 12.8 Å². The number of benzene rings is 2. The zero-order valence-electron chi connectivity index (χ0n) is 15.0. The van der Waals surface area contributed by atoms with E-state index in [1.54, 1.807) is 6.20 Å². The van der Waals surface area contributed by atoms with Gasteiger partial charge in [-0.05, 0) is 53.3 Å². The summed E-state index contributed by atoms with van der Waals surface area (Å²) in [6.07, 6.45) is 7.47. The van der Waals surface area contributed by atoms with Gasteiger partial charge in [-0.15, -0.1) is 0 Å². The van der Waals surface area contributed by atoms with E-state index in [1.807, 2.05) is 54.9 Å². The van der Waals surface area contributed by atoms with E-state index in [9.17, 15) is 0 Å². The van der Waals surface area contributed by atoms with Crippen LogP contribution in [0.4, 0.5) is 0 Å². The van der Waals surface area contributed by atoms with Crippen LogP contribution in [0.25, 0.3) is 11.1 Å². The smallest absolute Gasteiger partial charge is 0.219 e. The summed E-state index contributed by atoms with van der Waals surface area (Å²) < 4.78 is 5.87. The first-order valence-electron chi connectivity index (χ1n) is 9.04. The minimum absolute atomic E-state index is 0.604. The molecule has 0 aliphatic heterocycles. The van der Waals surface area contributed by atoms with Gasteiger partial charge in [0.25, 0.3) is 0 Å². The van der Waals surface area contributed by atoms with E-state index in [0.717, 1.165) is 18.6 Å². The monoisotopic (exact) mass is 352 g/mol. The second-order valence-corrected chi connectivity index (χ2v) is 6.36. The summed E-state index contributed by atoms with van der Waals surface area (Å²) in [7, 11) is 0. The number of aryl methyl sites for hydroxylation is 2. The van der Waals surface area contributed by atoms with Crippen molar-refractivity contribution in [1.82, 2.24) is 9.97 Å². The average Bonchev–Trinajstić information content (AvgIpc) is 2.75. The zero-order chi connectivity index (χ0) is 18.3. The van der Waals surface area contributed by atoms with E-state index >= 15 is 0 Å². The molecule has 2 heterocycles. The molecular weight excluding hydrogens is 332 g/mol. The number of hydrogen-bond acceptors (Lipinski definition) is 3. The molecule has 3 heteroatoms. The third kappa shape index (κ3) is 4.59. The minimum atomic E-state index is 0.604. The molecule has 0 bridgehead atoms. The number of ether oxygens (including phenoxy) is 1. The predicted molar refractivity (Wildman–Crippen MR) is 108 cm³/mol.